The summed E-state index contributed by atoms with van der Waals surface area (Å²) < 4.78 is 3.05. The number of hydrogen-bond donors (Lipinski definition) is 2. The summed E-state index contributed by atoms with van der Waals surface area (Å²) in [4.78, 5) is 7.45. The van der Waals surface area contributed by atoms with E-state index in [1.807, 2.05) is 53.1 Å². The molecular weight excluding hydrogens is 304 g/mol. The second-order valence-electron chi connectivity index (χ2n) is 4.06. The Balaban J connectivity index is 2.34. The summed E-state index contributed by atoms with van der Waals surface area (Å²) in [5.74, 6) is 0.696. The summed E-state index contributed by atoms with van der Waals surface area (Å²) in [7, 11) is 0. The van der Waals surface area contributed by atoms with Crippen molar-refractivity contribution < 1.29 is 4.57 Å². The molecule has 3 N–H and O–H groups in total. The van der Waals surface area contributed by atoms with Crippen LogP contribution in [0.25, 0.3) is 16.7 Å². The normalized spacial score (nSPS) is 11.4. The van der Waals surface area contributed by atoms with E-state index >= 15 is 0 Å². The smallest absolute Gasteiger partial charge is 0.376 e. The van der Waals surface area contributed by atoms with E-state index < -0.39 is 0 Å². The monoisotopic (exact) mass is 315 g/mol. The van der Waals surface area contributed by atoms with E-state index in [4.69, 9.17) is 5.73 Å². The fourth-order valence-corrected chi connectivity index (χ4v) is 2.49. The van der Waals surface area contributed by atoms with Gasteiger partial charge in [0, 0.05) is 4.47 Å². The van der Waals surface area contributed by atoms with E-state index in [9.17, 15) is 0 Å². The number of nitrogens with zero attached hydrogens (tertiary/aromatic N) is 2. The molecule has 0 aliphatic heterocycles. The zero-order valence-corrected chi connectivity index (χ0v) is 11.6. The Morgan fingerprint density at radius 1 is 1.16 bits per heavy atom. The highest BCUT2D eigenvalue weighted by molar-refractivity contribution is 9.10. The van der Waals surface area contributed by atoms with Crippen LogP contribution in [0.3, 0.4) is 0 Å². The Kier molecular flexibility index (Phi) is 3.05. The lowest BCUT2D eigenvalue weighted by Crippen LogP contribution is -2.29. The summed E-state index contributed by atoms with van der Waals surface area (Å²) in [6.45, 7) is 0. The maximum Gasteiger partial charge on any atom is 0.403 e. The molecule has 0 bridgehead atoms. The molecule has 0 fully saturated rings. The molecule has 94 valence electrons. The van der Waals surface area contributed by atoms with Crippen molar-refractivity contribution in [3.05, 3.63) is 53.0 Å². The molecule has 3 aromatic rings. The zero-order chi connectivity index (χ0) is 13.2. The molecule has 0 unspecified atom stereocenters. The number of nitrogens with one attached hydrogen (secondary N) is 1. The summed E-state index contributed by atoms with van der Waals surface area (Å²) in [5.41, 5.74) is 8.52. The van der Waals surface area contributed by atoms with Gasteiger partial charge in [0.15, 0.2) is 6.34 Å². The minimum atomic E-state index is 0.696. The molecule has 0 radical (unpaired) electrons. The van der Waals surface area contributed by atoms with Crippen LogP contribution in [0.1, 0.15) is 0 Å². The summed E-state index contributed by atoms with van der Waals surface area (Å²) in [6.07, 6.45) is 1.29. The highest BCUT2D eigenvalue weighted by Gasteiger charge is 2.18. The lowest BCUT2D eigenvalue weighted by Gasteiger charge is -2.00. The van der Waals surface area contributed by atoms with Gasteiger partial charge in [0.1, 0.15) is 16.7 Å². The quantitative estimate of drug-likeness (QED) is 0.426. The van der Waals surface area contributed by atoms with Crippen LogP contribution in [-0.2, 0) is 0 Å². The van der Waals surface area contributed by atoms with Gasteiger partial charge in [0.25, 0.3) is 0 Å². The molecule has 0 saturated heterocycles. The number of halogens is 1. The molecule has 0 saturated carbocycles. The molecule has 0 atom stereocenters. The fourth-order valence-electron chi connectivity index (χ4n) is 2.10. The van der Waals surface area contributed by atoms with Crippen LogP contribution in [0, 0.1) is 0 Å². The molecule has 1 heterocycles. The topological polar surface area (TPSA) is 58.0 Å². The van der Waals surface area contributed by atoms with Crippen molar-refractivity contribution in [2.45, 2.75) is 0 Å². The first-order valence-electron chi connectivity index (χ1n) is 5.82. The average molecular weight is 316 g/mol. The van der Waals surface area contributed by atoms with E-state index in [1.54, 1.807) is 0 Å². The van der Waals surface area contributed by atoms with E-state index in [2.05, 4.69) is 25.9 Å². The van der Waals surface area contributed by atoms with Crippen molar-refractivity contribution in [3.8, 4) is 5.69 Å². The maximum absolute atomic E-state index is 5.42. The second-order valence-corrected chi connectivity index (χ2v) is 4.97. The predicted molar refractivity (Wildman–Crippen MR) is 79.9 cm³/mol. The van der Waals surface area contributed by atoms with Crippen LogP contribution in [0.15, 0.2) is 58.0 Å². The highest BCUT2D eigenvalue weighted by Crippen LogP contribution is 2.19. The van der Waals surface area contributed by atoms with Gasteiger partial charge in [-0.05, 0) is 30.3 Å². The molecule has 2 aromatic carbocycles. The van der Waals surface area contributed by atoms with Gasteiger partial charge in [-0.2, -0.15) is 4.57 Å². The van der Waals surface area contributed by atoms with Crippen LogP contribution >= 0.6 is 15.9 Å². The first-order valence-corrected chi connectivity index (χ1v) is 6.62. The van der Waals surface area contributed by atoms with E-state index in [0.29, 0.717) is 5.95 Å². The number of para-hydroxylation sites is 2. The molecule has 1 aromatic heterocycles. The molecule has 0 spiro atoms. The van der Waals surface area contributed by atoms with Crippen molar-refractivity contribution in [1.82, 2.24) is 4.98 Å². The highest BCUT2D eigenvalue weighted by atomic mass is 79.9. The molecule has 0 amide bonds. The van der Waals surface area contributed by atoms with Gasteiger partial charge in [-0.15, -0.1) is 0 Å². The molecule has 19 heavy (non-hydrogen) atoms. The number of imidazole rings is 1. The summed E-state index contributed by atoms with van der Waals surface area (Å²) >= 11 is 3.49. The third kappa shape index (κ3) is 2.13. The minimum Gasteiger partial charge on any atom is -0.376 e. The summed E-state index contributed by atoms with van der Waals surface area (Å²) in [5, 5.41) is 0. The average Bonchev–Trinajstić information content (AvgIpc) is 2.77. The van der Waals surface area contributed by atoms with E-state index in [0.717, 1.165) is 21.2 Å². The predicted octanol–water partition coefficient (Wildman–Crippen LogP) is 2.83. The number of rotatable bonds is 2. The number of aromatic amines is 1. The number of H-pyrrole nitrogens is 1. The van der Waals surface area contributed by atoms with Crippen molar-refractivity contribution in [3.63, 3.8) is 0 Å². The van der Waals surface area contributed by atoms with Crippen LogP contribution in [-0.4, -0.2) is 11.3 Å². The molecule has 0 aliphatic rings. The Hall–Kier alpha value is -2.14. The molecule has 5 heteroatoms. The fraction of sp³-hybridized carbons (Fsp3) is 0. The Labute approximate surface area is 118 Å². The van der Waals surface area contributed by atoms with Crippen molar-refractivity contribution in [2.75, 3.05) is 0 Å². The van der Waals surface area contributed by atoms with Gasteiger partial charge in [0.2, 0.25) is 0 Å². The first-order chi connectivity index (χ1) is 9.29. The maximum atomic E-state index is 5.42. The summed E-state index contributed by atoms with van der Waals surface area (Å²) in [6, 6.07) is 16.1. The lowest BCUT2D eigenvalue weighted by molar-refractivity contribution is -0.552. The lowest BCUT2D eigenvalue weighted by atomic mass is 10.3. The van der Waals surface area contributed by atoms with Crippen molar-refractivity contribution >= 4 is 39.3 Å². The third-order valence-electron chi connectivity index (χ3n) is 2.87. The number of aliphatic imine (C=N–C) groups is 1. The van der Waals surface area contributed by atoms with Crippen LogP contribution in [0.5, 0.6) is 0 Å². The number of benzene rings is 2. The van der Waals surface area contributed by atoms with Gasteiger partial charge >= 0.3 is 5.95 Å². The van der Waals surface area contributed by atoms with Gasteiger partial charge < -0.3 is 5.73 Å². The second kappa shape index (κ2) is 4.85. The standard InChI is InChI=1S/C14H11BrN4/c15-10-4-3-5-11(8-10)19-13-7-2-1-6-12(13)18-14(19)17-9-16/h1-9H,(H2,16,17,18)/p+1. The Morgan fingerprint density at radius 2 is 2.00 bits per heavy atom. The number of nitrogens with two attached hydrogens (primary N) is 1. The van der Waals surface area contributed by atoms with Gasteiger partial charge in [-0.1, -0.05) is 39.1 Å². The van der Waals surface area contributed by atoms with E-state index in [1.165, 1.54) is 6.34 Å². The SMILES string of the molecule is N/C=N\c1[nH]c2ccccc2[n+]1-c1cccc(Br)c1. The molecule has 0 aliphatic carbocycles. The zero-order valence-electron chi connectivity index (χ0n) is 10.0. The largest absolute Gasteiger partial charge is 0.403 e. The van der Waals surface area contributed by atoms with Crippen LogP contribution in [0.4, 0.5) is 5.95 Å². The number of fused-ring (bicyclic) bond motifs is 1. The van der Waals surface area contributed by atoms with Gasteiger partial charge in [0.05, 0.1) is 0 Å². The van der Waals surface area contributed by atoms with Crippen molar-refractivity contribution in [2.24, 2.45) is 10.7 Å². The van der Waals surface area contributed by atoms with E-state index in [-0.39, 0.29) is 0 Å². The Bertz CT molecular complexity index is 761. The van der Waals surface area contributed by atoms with Crippen molar-refractivity contribution in [1.29, 1.82) is 0 Å². The minimum absolute atomic E-state index is 0.696. The molecule has 3 rings (SSSR count). The molecule has 4 nitrogen and oxygen atoms in total. The Morgan fingerprint density at radius 3 is 2.79 bits per heavy atom. The third-order valence-corrected chi connectivity index (χ3v) is 3.36. The van der Waals surface area contributed by atoms with Crippen LogP contribution in [0.2, 0.25) is 0 Å². The number of hydrogen-bond acceptors (Lipinski definition) is 1. The molecular formula is C14H12BrN4+. The van der Waals surface area contributed by atoms with Gasteiger partial charge in [-0.3, -0.25) is 0 Å². The van der Waals surface area contributed by atoms with Crippen LogP contribution < -0.4 is 10.3 Å². The number of aromatic nitrogens is 2. The van der Waals surface area contributed by atoms with Gasteiger partial charge in [-0.25, -0.2) is 4.98 Å². The first kappa shape index (κ1) is 11.9.